The van der Waals surface area contributed by atoms with E-state index in [1.54, 1.807) is 12.1 Å². The molecule has 0 saturated carbocycles. The maximum absolute atomic E-state index is 2.99. The van der Waals surface area contributed by atoms with E-state index < -0.39 is 0 Å². The van der Waals surface area contributed by atoms with Crippen molar-refractivity contribution in [1.29, 1.82) is 0 Å². The molecule has 4 heteroatoms. The second-order valence-electron chi connectivity index (χ2n) is 12.1. The average Bonchev–Trinajstić information content (AvgIpc) is 3.51. The van der Waals surface area contributed by atoms with Crippen molar-refractivity contribution >= 4 is 27.0 Å². The summed E-state index contributed by atoms with van der Waals surface area (Å²) >= 11 is 1.86. The third-order valence-electron chi connectivity index (χ3n) is 6.69. The van der Waals surface area contributed by atoms with Crippen molar-refractivity contribution < 1.29 is 48.1 Å². The number of fused-ring (bicyclic) bond motifs is 3. The van der Waals surface area contributed by atoms with Crippen molar-refractivity contribution in [2.75, 3.05) is 0 Å². The molecular formula is C34H48Cl2SiZr-2. The Labute approximate surface area is 261 Å². The van der Waals surface area contributed by atoms with Gasteiger partial charge in [-0.25, -0.2) is 12.2 Å². The van der Waals surface area contributed by atoms with Crippen LogP contribution < -0.4 is 24.8 Å². The third-order valence-corrected chi connectivity index (χ3v) is 12.3. The van der Waals surface area contributed by atoms with Gasteiger partial charge in [0.2, 0.25) is 0 Å². The van der Waals surface area contributed by atoms with Gasteiger partial charge in [0.1, 0.15) is 0 Å². The SMILES string of the molecule is CC(C)(C)c1ccc2[cH-]c3ccc(C(C)(C)C)cc3c2c1.CCCC[Si](=[Zr+2])CCCC.[C-]1=CC=CC1.[Cl-].[Cl-]. The van der Waals surface area contributed by atoms with Gasteiger partial charge in [0, 0.05) is 0 Å². The van der Waals surface area contributed by atoms with Gasteiger partial charge in [-0.15, -0.1) is 46.2 Å². The van der Waals surface area contributed by atoms with E-state index in [9.17, 15) is 0 Å². The van der Waals surface area contributed by atoms with Gasteiger partial charge in [0.15, 0.2) is 0 Å². The largest absolute Gasteiger partial charge is 1.00 e. The van der Waals surface area contributed by atoms with Crippen LogP contribution in [0, 0.1) is 6.08 Å². The summed E-state index contributed by atoms with van der Waals surface area (Å²) in [5, 5.41) is 5.49. The van der Waals surface area contributed by atoms with Crippen molar-refractivity contribution in [1.82, 2.24) is 0 Å². The van der Waals surface area contributed by atoms with Crippen LogP contribution in [-0.4, -0.2) is 5.43 Å². The molecule has 0 bridgehead atoms. The molecule has 38 heavy (non-hydrogen) atoms. The summed E-state index contributed by atoms with van der Waals surface area (Å²) in [6, 6.07) is 19.3. The summed E-state index contributed by atoms with van der Waals surface area (Å²) in [6.45, 7) is 18.3. The molecule has 0 unspecified atom stereocenters. The van der Waals surface area contributed by atoms with Crippen molar-refractivity contribution in [3.8, 4) is 0 Å². The first-order valence-electron chi connectivity index (χ1n) is 13.9. The number of hydrogen-bond donors (Lipinski definition) is 0. The Hall–Kier alpha value is -0.530. The minimum Gasteiger partial charge on any atom is -1.00 e. The van der Waals surface area contributed by atoms with Crippen LogP contribution in [0.25, 0.3) is 21.5 Å². The molecule has 3 aromatic carbocycles. The first-order valence-corrected chi connectivity index (χ1v) is 19.5. The van der Waals surface area contributed by atoms with Crippen molar-refractivity contribution in [2.24, 2.45) is 0 Å². The van der Waals surface area contributed by atoms with Gasteiger partial charge in [-0.3, -0.25) is 6.08 Å². The van der Waals surface area contributed by atoms with Gasteiger partial charge >= 0.3 is 80.4 Å². The minimum absolute atomic E-state index is 0. The van der Waals surface area contributed by atoms with E-state index in [1.807, 2.05) is 35.5 Å². The Morgan fingerprint density at radius 1 is 0.789 bits per heavy atom. The molecular weight excluding hydrogens is 599 g/mol. The summed E-state index contributed by atoms with van der Waals surface area (Å²) in [5.74, 6) is 0. The molecule has 0 heterocycles. The molecule has 0 atom stereocenters. The van der Waals surface area contributed by atoms with Crippen molar-refractivity contribution in [3.05, 3.63) is 77.9 Å². The smallest absolute Gasteiger partial charge is 0.109 e. The zero-order valence-electron chi connectivity index (χ0n) is 25.0. The van der Waals surface area contributed by atoms with Gasteiger partial charge in [-0.1, -0.05) is 76.9 Å². The zero-order valence-corrected chi connectivity index (χ0v) is 29.9. The monoisotopic (exact) mass is 644 g/mol. The standard InChI is InChI=1S/C21H25.C8H18Si.C5H5.2ClH.Zr/c1-20(2,3)16-9-7-14-11-15-8-10-17(21(4,5)6)13-19(15)18(14)12-16;1-3-5-7-9-8-6-4-2;1-2-4-5-3-1;;;/h7-13H,1-6H3;3-8H2,1-2H3;1-3H,4H2;2*1H;/q-1;;-1;;;+2/p-2. The van der Waals surface area contributed by atoms with E-state index in [0.717, 1.165) is 6.42 Å². The van der Waals surface area contributed by atoms with E-state index >= 15 is 0 Å². The van der Waals surface area contributed by atoms with E-state index in [4.69, 9.17) is 0 Å². The van der Waals surface area contributed by atoms with E-state index in [0.29, 0.717) is 0 Å². The van der Waals surface area contributed by atoms with Gasteiger partial charge in [-0.2, -0.15) is 6.08 Å². The predicted octanol–water partition coefficient (Wildman–Crippen LogP) is 4.75. The van der Waals surface area contributed by atoms with Gasteiger partial charge in [-0.05, 0) is 10.8 Å². The Morgan fingerprint density at radius 2 is 1.24 bits per heavy atom. The van der Waals surface area contributed by atoms with E-state index in [-0.39, 0.29) is 41.1 Å². The summed E-state index contributed by atoms with van der Waals surface area (Å²) in [6.07, 6.45) is 15.8. The number of allylic oxidation sites excluding steroid dienone is 4. The normalized spacial score (nSPS) is 12.3. The van der Waals surface area contributed by atoms with Gasteiger partial charge in [0.05, 0.1) is 0 Å². The number of unbranched alkanes of at least 4 members (excludes halogenated alkanes) is 2. The number of benzene rings is 2. The van der Waals surface area contributed by atoms with Crippen LogP contribution in [0.2, 0.25) is 12.1 Å². The molecule has 0 aliphatic heterocycles. The first-order chi connectivity index (χ1) is 17.0. The van der Waals surface area contributed by atoms with Crippen molar-refractivity contribution in [3.63, 3.8) is 0 Å². The number of rotatable bonds is 6. The molecule has 3 aromatic rings. The summed E-state index contributed by atoms with van der Waals surface area (Å²) in [5.41, 5.74) is 3.38. The van der Waals surface area contributed by atoms with Gasteiger partial charge in [0.25, 0.3) is 0 Å². The van der Waals surface area contributed by atoms with Crippen LogP contribution in [0.1, 0.15) is 98.6 Å². The average molecular weight is 647 g/mol. The number of hydrogen-bond acceptors (Lipinski definition) is 0. The van der Waals surface area contributed by atoms with Crippen LogP contribution >= 0.6 is 0 Å². The molecule has 0 spiro atoms. The Kier molecular flexibility index (Phi) is 17.8. The molecule has 0 amide bonds. The molecule has 0 radical (unpaired) electrons. The predicted molar refractivity (Wildman–Crippen MR) is 161 cm³/mol. The molecule has 0 N–H and O–H groups in total. The first kappa shape index (κ1) is 37.5. The van der Waals surface area contributed by atoms with E-state index in [1.165, 1.54) is 58.4 Å². The molecule has 208 valence electrons. The van der Waals surface area contributed by atoms with Crippen LogP contribution in [-0.2, 0) is 34.2 Å². The van der Waals surface area contributed by atoms with Gasteiger partial charge < -0.3 is 24.8 Å². The molecule has 1 aliphatic rings. The summed E-state index contributed by atoms with van der Waals surface area (Å²) in [7, 11) is 0. The zero-order chi connectivity index (χ0) is 26.8. The van der Waals surface area contributed by atoms with Crippen molar-refractivity contribution in [2.45, 2.75) is 110 Å². The second-order valence-corrected chi connectivity index (χ2v) is 19.5. The summed E-state index contributed by atoms with van der Waals surface area (Å²) < 4.78 is 0. The van der Waals surface area contributed by atoms with Crippen LogP contribution in [0.5, 0.6) is 0 Å². The fraction of sp³-hybridized carbons (Fsp3) is 0.500. The Balaban J connectivity index is 0.000000676. The molecule has 0 fully saturated rings. The topological polar surface area (TPSA) is 0 Å². The fourth-order valence-corrected chi connectivity index (χ4v) is 8.59. The fourth-order valence-electron chi connectivity index (χ4n) is 4.18. The molecule has 1 aliphatic carbocycles. The van der Waals surface area contributed by atoms with Crippen LogP contribution in [0.4, 0.5) is 0 Å². The molecule has 4 rings (SSSR count). The molecule has 0 saturated heterocycles. The molecule has 0 aromatic heterocycles. The second kappa shape index (κ2) is 18.0. The quantitative estimate of drug-likeness (QED) is 0.268. The third kappa shape index (κ3) is 12.3. The van der Waals surface area contributed by atoms with E-state index in [2.05, 4.69) is 110 Å². The Bertz CT molecular complexity index is 1080. The Morgan fingerprint density at radius 3 is 1.53 bits per heavy atom. The summed E-state index contributed by atoms with van der Waals surface area (Å²) in [4.78, 5) is 0. The minimum atomic E-state index is 0. The van der Waals surface area contributed by atoms with Crippen LogP contribution in [0.3, 0.4) is 0 Å². The maximum Gasteiger partial charge on any atom is -0.109 e. The number of halogens is 2. The maximum atomic E-state index is 2.99. The van der Waals surface area contributed by atoms with Crippen LogP contribution in [0.15, 0.2) is 60.7 Å². The molecule has 0 nitrogen and oxygen atoms in total.